The Morgan fingerprint density at radius 3 is 2.36 bits per heavy atom. The van der Waals surface area contributed by atoms with Gasteiger partial charge in [-0.2, -0.15) is 0 Å². The molecule has 0 aromatic rings. The molecule has 0 aromatic carbocycles. The van der Waals surface area contributed by atoms with Crippen molar-refractivity contribution in [3.8, 4) is 0 Å². The van der Waals surface area contributed by atoms with Crippen LogP contribution in [0.3, 0.4) is 0 Å². The Kier molecular flexibility index (Phi) is 9.97. The molecule has 0 unspecified atom stereocenters. The van der Waals surface area contributed by atoms with Gasteiger partial charge in [0, 0.05) is 0 Å². The van der Waals surface area contributed by atoms with Crippen molar-refractivity contribution in [3.63, 3.8) is 0 Å². The normalized spacial score (nSPS) is 13.5. The molecule has 1 rings (SSSR count). The summed E-state index contributed by atoms with van der Waals surface area (Å²) in [5.41, 5.74) is 0. The molecule has 0 radical (unpaired) electrons. The first kappa shape index (κ1) is 14.5. The van der Waals surface area contributed by atoms with Gasteiger partial charge in [0.1, 0.15) is 0 Å². The SMILES string of the molecule is C[CH](C)[Zr][C]1=CC=CC1.Cl.Cl. The zero-order valence-electron chi connectivity index (χ0n) is 6.83. The largest absolute Gasteiger partial charge is 0.147 e. The first-order chi connectivity index (χ1) is 4.29. The van der Waals surface area contributed by atoms with Gasteiger partial charge >= 0.3 is 68.6 Å². The van der Waals surface area contributed by atoms with Gasteiger partial charge in [0.05, 0.1) is 0 Å². The second-order valence-corrected chi connectivity index (χ2v) is 7.75. The third-order valence-corrected chi connectivity index (χ3v) is 4.49. The van der Waals surface area contributed by atoms with Crippen LogP contribution in [0.2, 0.25) is 3.63 Å². The number of rotatable bonds is 2. The predicted octanol–water partition coefficient (Wildman–Crippen LogP) is 3.58. The molecule has 0 saturated carbocycles. The van der Waals surface area contributed by atoms with E-state index in [1.807, 2.05) is 0 Å². The van der Waals surface area contributed by atoms with Crippen molar-refractivity contribution in [1.82, 2.24) is 0 Å². The topological polar surface area (TPSA) is 0 Å². The summed E-state index contributed by atoms with van der Waals surface area (Å²) in [5.74, 6) is 0. The monoisotopic (exact) mass is 270 g/mol. The Labute approximate surface area is 92.9 Å². The molecule has 0 fully saturated rings. The minimum Gasteiger partial charge on any atom is -0.147 e. The third-order valence-electron chi connectivity index (χ3n) is 1.25. The van der Waals surface area contributed by atoms with Gasteiger partial charge in [0.2, 0.25) is 0 Å². The molecular weight excluding hydrogens is 258 g/mol. The van der Waals surface area contributed by atoms with Gasteiger partial charge in [-0.25, -0.2) is 0 Å². The van der Waals surface area contributed by atoms with Crippen molar-refractivity contribution in [3.05, 3.63) is 21.5 Å². The zero-order chi connectivity index (χ0) is 6.69. The summed E-state index contributed by atoms with van der Waals surface area (Å²) in [4.78, 5) is 0. The number of hydrogen-bond acceptors (Lipinski definition) is 0. The Morgan fingerprint density at radius 1 is 1.36 bits per heavy atom. The molecule has 0 bridgehead atoms. The van der Waals surface area contributed by atoms with E-state index >= 15 is 0 Å². The van der Waals surface area contributed by atoms with E-state index in [2.05, 4.69) is 32.1 Å². The Hall–Kier alpha value is 0.943. The van der Waals surface area contributed by atoms with Crippen molar-refractivity contribution >= 4 is 24.8 Å². The van der Waals surface area contributed by atoms with E-state index in [0.717, 1.165) is 3.63 Å². The van der Waals surface area contributed by atoms with Crippen LogP contribution in [0, 0.1) is 0 Å². The van der Waals surface area contributed by atoms with Crippen LogP contribution in [0.25, 0.3) is 0 Å². The van der Waals surface area contributed by atoms with Gasteiger partial charge in [-0.05, 0) is 0 Å². The second kappa shape index (κ2) is 7.58. The van der Waals surface area contributed by atoms with Crippen LogP contribution in [0.1, 0.15) is 20.3 Å². The fourth-order valence-corrected chi connectivity index (χ4v) is 3.80. The third kappa shape index (κ3) is 6.14. The minimum absolute atomic E-state index is 0. The number of halogens is 2. The van der Waals surface area contributed by atoms with E-state index in [1.54, 1.807) is 3.28 Å². The van der Waals surface area contributed by atoms with Gasteiger partial charge in [0.15, 0.2) is 0 Å². The average Bonchev–Trinajstić information content (AvgIpc) is 2.15. The van der Waals surface area contributed by atoms with Crippen LogP contribution in [0.5, 0.6) is 0 Å². The van der Waals surface area contributed by atoms with E-state index in [-0.39, 0.29) is 48.0 Å². The molecule has 0 N–H and O–H groups in total. The minimum atomic E-state index is -0.136. The van der Waals surface area contributed by atoms with Gasteiger partial charge in [-0.15, -0.1) is 24.8 Å². The first-order valence-electron chi connectivity index (χ1n) is 3.41. The second-order valence-electron chi connectivity index (χ2n) is 2.62. The summed E-state index contributed by atoms with van der Waals surface area (Å²) in [6.45, 7) is 4.68. The van der Waals surface area contributed by atoms with Crippen LogP contribution in [0.4, 0.5) is 0 Å². The molecule has 0 nitrogen and oxygen atoms in total. The zero-order valence-corrected chi connectivity index (χ0v) is 10.9. The molecular formula is C8H14Cl2Zr. The van der Waals surface area contributed by atoms with Crippen molar-refractivity contribution in [2.75, 3.05) is 0 Å². The summed E-state index contributed by atoms with van der Waals surface area (Å²) < 4.78 is 2.74. The molecule has 0 aliphatic heterocycles. The molecule has 0 aromatic heterocycles. The summed E-state index contributed by atoms with van der Waals surface area (Å²) in [6, 6.07) is 0. The maximum absolute atomic E-state index is 2.34. The van der Waals surface area contributed by atoms with Crippen molar-refractivity contribution in [2.45, 2.75) is 23.9 Å². The predicted molar refractivity (Wildman–Crippen MR) is 51.4 cm³/mol. The Bertz CT molecular complexity index is 150. The fourth-order valence-electron chi connectivity index (χ4n) is 0.925. The molecule has 11 heavy (non-hydrogen) atoms. The number of allylic oxidation sites excluding steroid dienone is 4. The molecule has 0 amide bonds. The Balaban J connectivity index is 0. The van der Waals surface area contributed by atoms with Crippen LogP contribution < -0.4 is 0 Å². The van der Waals surface area contributed by atoms with Gasteiger partial charge in [0.25, 0.3) is 0 Å². The van der Waals surface area contributed by atoms with E-state index in [1.165, 1.54) is 6.42 Å². The van der Waals surface area contributed by atoms with E-state index in [4.69, 9.17) is 0 Å². The van der Waals surface area contributed by atoms with E-state index < -0.39 is 0 Å². The molecule has 0 heterocycles. The quantitative estimate of drug-likeness (QED) is 0.720. The van der Waals surface area contributed by atoms with Gasteiger partial charge < -0.3 is 0 Å². The standard InChI is InChI=1S/C5H5.C3H7.2ClH.Zr/c1-2-4-5-3-1;1-3-2;;;/h1-3H,4H2;3H,1-2H3;2*1H;. The molecule has 0 atom stereocenters. The van der Waals surface area contributed by atoms with Gasteiger partial charge in [-0.1, -0.05) is 0 Å². The van der Waals surface area contributed by atoms with Crippen LogP contribution in [-0.2, 0) is 23.2 Å². The summed E-state index contributed by atoms with van der Waals surface area (Å²) in [5, 5.41) is 0. The number of hydrogen-bond donors (Lipinski definition) is 0. The van der Waals surface area contributed by atoms with Crippen LogP contribution in [-0.4, -0.2) is 0 Å². The first-order valence-corrected chi connectivity index (χ1v) is 6.06. The van der Waals surface area contributed by atoms with E-state index in [0.29, 0.717) is 0 Å². The van der Waals surface area contributed by atoms with Crippen molar-refractivity contribution < 1.29 is 23.2 Å². The van der Waals surface area contributed by atoms with E-state index in [9.17, 15) is 0 Å². The molecule has 1 aliphatic carbocycles. The molecule has 0 saturated heterocycles. The van der Waals surface area contributed by atoms with Crippen molar-refractivity contribution in [2.24, 2.45) is 0 Å². The maximum Gasteiger partial charge on any atom is -0.147 e. The molecule has 1 aliphatic rings. The fraction of sp³-hybridized carbons (Fsp3) is 0.500. The molecule has 64 valence electrons. The summed E-state index contributed by atoms with van der Waals surface area (Å²) in [7, 11) is 0. The van der Waals surface area contributed by atoms with Gasteiger partial charge in [-0.3, -0.25) is 0 Å². The van der Waals surface area contributed by atoms with Crippen LogP contribution >= 0.6 is 24.8 Å². The molecule has 0 spiro atoms. The molecule has 3 heteroatoms. The smallest absolute Gasteiger partial charge is 0.147 e. The Morgan fingerprint density at radius 2 is 2.00 bits per heavy atom. The summed E-state index contributed by atoms with van der Waals surface area (Å²) in [6.07, 6.45) is 8.04. The maximum atomic E-state index is 2.34. The van der Waals surface area contributed by atoms with Crippen molar-refractivity contribution in [1.29, 1.82) is 0 Å². The summed E-state index contributed by atoms with van der Waals surface area (Å²) >= 11 is -0.136. The van der Waals surface area contributed by atoms with Crippen LogP contribution in [0.15, 0.2) is 21.5 Å². The average molecular weight is 272 g/mol.